The smallest absolute Gasteiger partial charge is 0.341 e. The highest BCUT2D eigenvalue weighted by Gasteiger charge is 2.37. The van der Waals surface area contributed by atoms with Crippen LogP contribution >= 0.6 is 22.7 Å². The van der Waals surface area contributed by atoms with Gasteiger partial charge >= 0.3 is 11.9 Å². The average molecular weight is 712 g/mol. The molecule has 0 unspecified atom stereocenters. The molecule has 0 amide bonds. The molecule has 2 aromatic carbocycles. The number of methoxy groups -OCH3 is 3. The Balaban J connectivity index is 1.64. The summed E-state index contributed by atoms with van der Waals surface area (Å²) in [4.78, 5) is 47.7. The third-order valence-corrected chi connectivity index (χ3v) is 11.0. The van der Waals surface area contributed by atoms with Gasteiger partial charge in [-0.2, -0.15) is 0 Å². The fourth-order valence-corrected chi connectivity index (χ4v) is 8.53. The van der Waals surface area contributed by atoms with Crippen LogP contribution in [0.15, 0.2) is 70.0 Å². The Kier molecular flexibility index (Phi) is 9.68. The molecule has 1 atom stereocenters. The lowest BCUT2D eigenvalue weighted by atomic mass is 9.92. The molecule has 5 aromatic rings. The molecule has 0 bridgehead atoms. The number of nitrogens with zero attached hydrogens (tertiary/aromatic N) is 3. The predicted molar refractivity (Wildman–Crippen MR) is 195 cm³/mol. The molecule has 0 radical (unpaired) electrons. The quantitative estimate of drug-likeness (QED) is 0.177. The van der Waals surface area contributed by atoms with Gasteiger partial charge in [0.05, 0.1) is 49.3 Å². The van der Waals surface area contributed by atoms with Crippen molar-refractivity contribution in [3.63, 3.8) is 0 Å². The van der Waals surface area contributed by atoms with Crippen molar-refractivity contribution in [1.82, 2.24) is 9.13 Å². The lowest BCUT2D eigenvalue weighted by Crippen LogP contribution is -2.40. The summed E-state index contributed by atoms with van der Waals surface area (Å²) in [5.41, 5.74) is 5.47. The molecule has 1 aliphatic heterocycles. The standard InChI is InChI=1S/C38H37N3O7S2/c1-9-48-37(44)31-32(24-13-11-10-12-14-24)39-38-41(33(31)27-19-26(45-6)15-16-28(27)46-7)34(42)29(50-38)18-25-17-20(2)40(22(25)4)35-30(36(43)47-8)21(3)23(5)49-35/h10-19,33H,9H2,1-8H3/b29-18-/t33-/m0/s1. The van der Waals surface area contributed by atoms with Crippen LogP contribution in [0.25, 0.3) is 16.8 Å². The number of aryl methyl sites for hydroxylation is 2. The maximum Gasteiger partial charge on any atom is 0.341 e. The van der Waals surface area contributed by atoms with Gasteiger partial charge in [0.15, 0.2) is 4.80 Å². The van der Waals surface area contributed by atoms with Crippen LogP contribution < -0.4 is 24.4 Å². The van der Waals surface area contributed by atoms with E-state index in [9.17, 15) is 14.4 Å². The topological polar surface area (TPSA) is 110 Å². The number of esters is 2. The molecule has 0 spiro atoms. The number of hydrogen-bond acceptors (Lipinski definition) is 10. The average Bonchev–Trinajstić information content (AvgIpc) is 3.70. The van der Waals surface area contributed by atoms with Gasteiger partial charge in [-0.25, -0.2) is 14.6 Å². The fraction of sp³-hybridized carbons (Fsp3) is 0.263. The first-order valence-electron chi connectivity index (χ1n) is 15.9. The van der Waals surface area contributed by atoms with Crippen LogP contribution in [0.1, 0.15) is 61.8 Å². The van der Waals surface area contributed by atoms with Gasteiger partial charge < -0.3 is 23.5 Å². The molecule has 10 nitrogen and oxygen atoms in total. The van der Waals surface area contributed by atoms with E-state index in [2.05, 4.69) is 0 Å². The SMILES string of the molecule is CCOC(=O)C1=C(c2ccccc2)N=c2s/c(=C\c3cc(C)n(-c4sc(C)c(C)c4C(=O)OC)c3C)c(=O)n2[C@H]1c1cc(OC)ccc1OC. The highest BCUT2D eigenvalue weighted by molar-refractivity contribution is 7.15. The molecule has 0 aliphatic carbocycles. The van der Waals surface area contributed by atoms with E-state index in [-0.39, 0.29) is 17.7 Å². The second-order valence-corrected chi connectivity index (χ2v) is 13.9. The van der Waals surface area contributed by atoms with Crippen LogP contribution in [-0.2, 0) is 14.3 Å². The van der Waals surface area contributed by atoms with Crippen LogP contribution in [0.2, 0.25) is 0 Å². The molecular formula is C38H37N3O7S2. The van der Waals surface area contributed by atoms with Gasteiger partial charge in [0.25, 0.3) is 5.56 Å². The van der Waals surface area contributed by atoms with Gasteiger partial charge in [-0.05, 0) is 76.1 Å². The Hall–Kier alpha value is -5.20. The minimum Gasteiger partial charge on any atom is -0.497 e. The van der Waals surface area contributed by atoms with Crippen LogP contribution in [0.3, 0.4) is 0 Å². The molecule has 0 fully saturated rings. The van der Waals surface area contributed by atoms with Gasteiger partial charge in [-0.15, -0.1) is 11.3 Å². The molecule has 12 heteroatoms. The first-order valence-corrected chi connectivity index (χ1v) is 17.6. The van der Waals surface area contributed by atoms with Crippen molar-refractivity contribution >= 4 is 46.4 Å². The van der Waals surface area contributed by atoms with Gasteiger partial charge in [-0.3, -0.25) is 9.36 Å². The summed E-state index contributed by atoms with van der Waals surface area (Å²) < 4.78 is 26.1. The maximum atomic E-state index is 14.6. The second kappa shape index (κ2) is 14.0. The van der Waals surface area contributed by atoms with Crippen LogP contribution in [0.4, 0.5) is 0 Å². The normalized spacial score (nSPS) is 14.3. The van der Waals surface area contributed by atoms with E-state index in [1.807, 2.05) is 74.7 Å². The van der Waals surface area contributed by atoms with Crippen molar-refractivity contribution in [1.29, 1.82) is 0 Å². The summed E-state index contributed by atoms with van der Waals surface area (Å²) in [6.45, 7) is 9.68. The van der Waals surface area contributed by atoms with Crippen molar-refractivity contribution in [3.05, 3.63) is 124 Å². The number of carbonyl (C=O) groups is 2. The minimum atomic E-state index is -0.945. The second-order valence-electron chi connectivity index (χ2n) is 11.7. The third kappa shape index (κ3) is 5.88. The molecule has 0 saturated carbocycles. The number of hydrogen-bond donors (Lipinski definition) is 0. The van der Waals surface area contributed by atoms with E-state index >= 15 is 0 Å². The van der Waals surface area contributed by atoms with Crippen molar-refractivity contribution in [3.8, 4) is 16.5 Å². The van der Waals surface area contributed by atoms with E-state index in [4.69, 9.17) is 23.9 Å². The lowest BCUT2D eigenvalue weighted by Gasteiger charge is -2.27. The Bertz CT molecular complexity index is 2360. The maximum absolute atomic E-state index is 14.6. The van der Waals surface area contributed by atoms with E-state index in [0.29, 0.717) is 43.2 Å². The van der Waals surface area contributed by atoms with E-state index < -0.39 is 18.0 Å². The summed E-state index contributed by atoms with van der Waals surface area (Å²) in [6.07, 6.45) is 1.84. The Morgan fingerprint density at radius 3 is 2.34 bits per heavy atom. The summed E-state index contributed by atoms with van der Waals surface area (Å²) in [5.74, 6) is 0.00439. The number of benzene rings is 2. The number of ether oxygens (including phenoxy) is 4. The summed E-state index contributed by atoms with van der Waals surface area (Å²) in [7, 11) is 4.47. The Morgan fingerprint density at radius 1 is 0.940 bits per heavy atom. The van der Waals surface area contributed by atoms with Gasteiger partial charge in [0.2, 0.25) is 0 Å². The van der Waals surface area contributed by atoms with Crippen LogP contribution in [0.5, 0.6) is 11.5 Å². The largest absolute Gasteiger partial charge is 0.497 e. The van der Waals surface area contributed by atoms with Crippen molar-refractivity contribution in [2.75, 3.05) is 27.9 Å². The van der Waals surface area contributed by atoms with Gasteiger partial charge in [-0.1, -0.05) is 41.7 Å². The molecule has 50 heavy (non-hydrogen) atoms. The molecule has 0 saturated heterocycles. The zero-order valence-corrected chi connectivity index (χ0v) is 30.7. The number of thiophene rings is 1. The monoisotopic (exact) mass is 711 g/mol. The lowest BCUT2D eigenvalue weighted by molar-refractivity contribution is -0.138. The number of fused-ring (bicyclic) bond motifs is 1. The molecule has 4 heterocycles. The molecule has 258 valence electrons. The van der Waals surface area contributed by atoms with Crippen molar-refractivity contribution in [2.24, 2.45) is 4.99 Å². The molecular weight excluding hydrogens is 675 g/mol. The van der Waals surface area contributed by atoms with Crippen LogP contribution in [0, 0.1) is 27.7 Å². The zero-order chi connectivity index (χ0) is 35.9. The van der Waals surface area contributed by atoms with E-state index in [1.54, 1.807) is 39.3 Å². The zero-order valence-electron chi connectivity index (χ0n) is 29.1. The van der Waals surface area contributed by atoms with E-state index in [1.165, 1.54) is 34.4 Å². The molecule has 1 aliphatic rings. The summed E-state index contributed by atoms with van der Waals surface area (Å²) in [6, 6.07) is 15.7. The molecule has 6 rings (SSSR count). The van der Waals surface area contributed by atoms with Crippen LogP contribution in [-0.4, -0.2) is 49.0 Å². The fourth-order valence-electron chi connectivity index (χ4n) is 6.28. The van der Waals surface area contributed by atoms with E-state index in [0.717, 1.165) is 32.4 Å². The molecule has 3 aromatic heterocycles. The van der Waals surface area contributed by atoms with Crippen molar-refractivity contribution in [2.45, 2.75) is 40.7 Å². The van der Waals surface area contributed by atoms with Gasteiger partial charge in [0.1, 0.15) is 22.5 Å². The predicted octanol–water partition coefficient (Wildman–Crippen LogP) is 5.83. The highest BCUT2D eigenvalue weighted by atomic mass is 32.1. The number of thiazole rings is 1. The minimum absolute atomic E-state index is 0.132. The summed E-state index contributed by atoms with van der Waals surface area (Å²) >= 11 is 2.75. The highest BCUT2D eigenvalue weighted by Crippen LogP contribution is 2.40. The Labute approximate surface area is 297 Å². The first-order chi connectivity index (χ1) is 24.0. The summed E-state index contributed by atoms with van der Waals surface area (Å²) in [5, 5.41) is 0.764. The number of aromatic nitrogens is 2. The van der Waals surface area contributed by atoms with Gasteiger partial charge in [0, 0.05) is 27.4 Å². The molecule has 0 N–H and O–H groups in total. The number of carbonyl (C=O) groups excluding carboxylic acids is 2. The number of rotatable bonds is 9. The third-order valence-electron chi connectivity index (χ3n) is 8.82. The first kappa shape index (κ1) is 34.7. The Morgan fingerprint density at radius 2 is 1.68 bits per heavy atom. The van der Waals surface area contributed by atoms with Crippen molar-refractivity contribution < 1.29 is 28.5 Å².